The summed E-state index contributed by atoms with van der Waals surface area (Å²) >= 11 is 0. The summed E-state index contributed by atoms with van der Waals surface area (Å²) < 4.78 is 19.0. The summed E-state index contributed by atoms with van der Waals surface area (Å²) in [5, 5.41) is 3.28. The third-order valence-electron chi connectivity index (χ3n) is 2.71. The zero-order chi connectivity index (χ0) is 10.7. The number of nitrogens with one attached hydrogen (secondary N) is 1. The largest absolute Gasteiger partial charge is 0.372 e. The Hall–Kier alpha value is -0.930. The maximum absolute atomic E-state index is 13.4. The summed E-state index contributed by atoms with van der Waals surface area (Å²) in [6, 6.07) is 5.32. The fourth-order valence-corrected chi connectivity index (χ4v) is 1.74. The van der Waals surface area contributed by atoms with Gasteiger partial charge in [-0.25, -0.2) is 4.39 Å². The normalized spacial score (nSPS) is 22.4. The molecule has 1 heterocycles. The molecule has 2 rings (SSSR count). The second-order valence-corrected chi connectivity index (χ2v) is 3.93. The highest BCUT2D eigenvalue weighted by Crippen LogP contribution is 2.20. The molecular weight excluding hydrogens is 193 g/mol. The first-order chi connectivity index (χ1) is 7.27. The van der Waals surface area contributed by atoms with E-state index in [9.17, 15) is 4.39 Å². The molecule has 1 unspecified atom stereocenters. The lowest BCUT2D eigenvalue weighted by Crippen LogP contribution is -2.20. The van der Waals surface area contributed by atoms with Crippen LogP contribution >= 0.6 is 0 Å². The van der Waals surface area contributed by atoms with Gasteiger partial charge in [0.15, 0.2) is 0 Å². The van der Waals surface area contributed by atoms with Crippen LogP contribution in [0, 0.1) is 12.7 Å². The van der Waals surface area contributed by atoms with E-state index < -0.39 is 0 Å². The molecule has 0 radical (unpaired) electrons. The van der Waals surface area contributed by atoms with Gasteiger partial charge in [0, 0.05) is 13.2 Å². The van der Waals surface area contributed by atoms with Crippen LogP contribution in [-0.2, 0) is 4.74 Å². The molecule has 82 valence electrons. The SMILES string of the molecule is Cc1ccc(C2CNCCCO2)cc1F. The van der Waals surface area contributed by atoms with Crippen LogP contribution in [0.15, 0.2) is 18.2 Å². The van der Waals surface area contributed by atoms with Crippen molar-refractivity contribution in [3.05, 3.63) is 35.1 Å². The van der Waals surface area contributed by atoms with Gasteiger partial charge < -0.3 is 10.1 Å². The Morgan fingerprint density at radius 3 is 3.13 bits per heavy atom. The molecule has 0 spiro atoms. The zero-order valence-electron chi connectivity index (χ0n) is 8.92. The molecule has 0 amide bonds. The first-order valence-corrected chi connectivity index (χ1v) is 5.36. The second-order valence-electron chi connectivity index (χ2n) is 3.93. The Kier molecular flexibility index (Phi) is 3.34. The average Bonchev–Trinajstić information content (AvgIpc) is 2.50. The molecule has 1 saturated heterocycles. The van der Waals surface area contributed by atoms with E-state index >= 15 is 0 Å². The fourth-order valence-electron chi connectivity index (χ4n) is 1.74. The summed E-state index contributed by atoms with van der Waals surface area (Å²) in [6.45, 7) is 4.26. The Morgan fingerprint density at radius 1 is 1.47 bits per heavy atom. The third kappa shape index (κ3) is 2.55. The molecule has 0 saturated carbocycles. The van der Waals surface area contributed by atoms with Crippen molar-refractivity contribution in [3.8, 4) is 0 Å². The minimum atomic E-state index is -0.152. The predicted octanol–water partition coefficient (Wildman–Crippen LogP) is 2.19. The summed E-state index contributed by atoms with van der Waals surface area (Å²) in [5.41, 5.74) is 1.60. The predicted molar refractivity (Wildman–Crippen MR) is 57.3 cm³/mol. The lowest BCUT2D eigenvalue weighted by Gasteiger charge is -2.15. The highest BCUT2D eigenvalue weighted by Gasteiger charge is 2.15. The standard InChI is InChI=1S/C12H16FNO/c1-9-3-4-10(7-11(9)13)12-8-14-5-2-6-15-12/h3-4,7,12,14H,2,5-6,8H2,1H3. The van der Waals surface area contributed by atoms with Crippen LogP contribution in [-0.4, -0.2) is 19.7 Å². The molecule has 0 aromatic heterocycles. The van der Waals surface area contributed by atoms with Crippen LogP contribution in [0.3, 0.4) is 0 Å². The van der Waals surface area contributed by atoms with Gasteiger partial charge in [0.25, 0.3) is 0 Å². The van der Waals surface area contributed by atoms with Crippen molar-refractivity contribution >= 4 is 0 Å². The van der Waals surface area contributed by atoms with Crippen molar-refractivity contribution in [2.24, 2.45) is 0 Å². The molecular formula is C12H16FNO. The van der Waals surface area contributed by atoms with Crippen LogP contribution in [0.1, 0.15) is 23.7 Å². The molecule has 0 aliphatic carbocycles. The molecule has 1 aromatic carbocycles. The Bertz CT molecular complexity index is 332. The van der Waals surface area contributed by atoms with Gasteiger partial charge in [-0.3, -0.25) is 0 Å². The van der Waals surface area contributed by atoms with E-state index in [2.05, 4.69) is 5.32 Å². The van der Waals surface area contributed by atoms with Crippen LogP contribution in [0.25, 0.3) is 0 Å². The minimum Gasteiger partial charge on any atom is -0.372 e. The molecule has 1 aliphatic heterocycles. The Morgan fingerprint density at radius 2 is 2.33 bits per heavy atom. The van der Waals surface area contributed by atoms with E-state index in [0.29, 0.717) is 5.56 Å². The summed E-state index contributed by atoms with van der Waals surface area (Å²) in [4.78, 5) is 0. The van der Waals surface area contributed by atoms with Crippen LogP contribution in [0.4, 0.5) is 4.39 Å². The van der Waals surface area contributed by atoms with E-state index in [1.807, 2.05) is 6.07 Å². The maximum atomic E-state index is 13.4. The van der Waals surface area contributed by atoms with E-state index in [0.717, 1.165) is 31.7 Å². The quantitative estimate of drug-likeness (QED) is 0.765. The highest BCUT2D eigenvalue weighted by molar-refractivity contribution is 5.25. The molecule has 15 heavy (non-hydrogen) atoms. The number of aryl methyl sites for hydroxylation is 1. The van der Waals surface area contributed by atoms with Gasteiger partial charge in [0.1, 0.15) is 5.82 Å². The van der Waals surface area contributed by atoms with Gasteiger partial charge in [-0.15, -0.1) is 0 Å². The molecule has 1 aromatic rings. The molecule has 1 N–H and O–H groups in total. The summed E-state index contributed by atoms with van der Waals surface area (Å²) in [7, 11) is 0. The van der Waals surface area contributed by atoms with Crippen molar-refractivity contribution in [3.63, 3.8) is 0 Å². The zero-order valence-corrected chi connectivity index (χ0v) is 8.92. The number of halogens is 1. The summed E-state index contributed by atoms with van der Waals surface area (Å²) in [6.07, 6.45) is 1.01. The molecule has 3 heteroatoms. The van der Waals surface area contributed by atoms with Gasteiger partial charge in [0.2, 0.25) is 0 Å². The number of benzene rings is 1. The first kappa shape index (κ1) is 10.6. The van der Waals surface area contributed by atoms with Crippen molar-refractivity contribution in [1.82, 2.24) is 5.32 Å². The highest BCUT2D eigenvalue weighted by atomic mass is 19.1. The van der Waals surface area contributed by atoms with Crippen molar-refractivity contribution in [2.75, 3.05) is 19.7 Å². The molecule has 1 atom stereocenters. The average molecular weight is 209 g/mol. The van der Waals surface area contributed by atoms with E-state index in [-0.39, 0.29) is 11.9 Å². The van der Waals surface area contributed by atoms with Crippen molar-refractivity contribution in [1.29, 1.82) is 0 Å². The monoisotopic (exact) mass is 209 g/mol. The first-order valence-electron chi connectivity index (χ1n) is 5.36. The topological polar surface area (TPSA) is 21.3 Å². The fraction of sp³-hybridized carbons (Fsp3) is 0.500. The van der Waals surface area contributed by atoms with Crippen LogP contribution in [0.5, 0.6) is 0 Å². The lowest BCUT2D eigenvalue weighted by atomic mass is 10.1. The van der Waals surface area contributed by atoms with Crippen molar-refractivity contribution in [2.45, 2.75) is 19.4 Å². The third-order valence-corrected chi connectivity index (χ3v) is 2.71. The Labute approximate surface area is 89.4 Å². The van der Waals surface area contributed by atoms with Gasteiger partial charge in [0.05, 0.1) is 6.10 Å². The molecule has 1 fully saturated rings. The number of hydrogen-bond acceptors (Lipinski definition) is 2. The number of hydrogen-bond donors (Lipinski definition) is 1. The lowest BCUT2D eigenvalue weighted by molar-refractivity contribution is 0.0667. The van der Waals surface area contributed by atoms with Crippen LogP contribution < -0.4 is 5.32 Å². The van der Waals surface area contributed by atoms with E-state index in [1.54, 1.807) is 19.1 Å². The maximum Gasteiger partial charge on any atom is 0.126 e. The molecule has 0 bridgehead atoms. The molecule has 2 nitrogen and oxygen atoms in total. The van der Waals surface area contributed by atoms with Gasteiger partial charge in [-0.2, -0.15) is 0 Å². The molecule has 1 aliphatic rings. The second kappa shape index (κ2) is 4.73. The van der Waals surface area contributed by atoms with Gasteiger partial charge >= 0.3 is 0 Å². The number of ether oxygens (including phenoxy) is 1. The van der Waals surface area contributed by atoms with Crippen LogP contribution in [0.2, 0.25) is 0 Å². The van der Waals surface area contributed by atoms with E-state index in [1.165, 1.54) is 0 Å². The number of rotatable bonds is 1. The van der Waals surface area contributed by atoms with E-state index in [4.69, 9.17) is 4.74 Å². The van der Waals surface area contributed by atoms with Crippen molar-refractivity contribution < 1.29 is 9.13 Å². The van der Waals surface area contributed by atoms with Gasteiger partial charge in [-0.1, -0.05) is 12.1 Å². The summed E-state index contributed by atoms with van der Waals surface area (Å²) in [5.74, 6) is -0.152. The van der Waals surface area contributed by atoms with Gasteiger partial charge in [-0.05, 0) is 37.1 Å². The minimum absolute atomic E-state index is 0.0115. The Balaban J connectivity index is 2.16. The smallest absolute Gasteiger partial charge is 0.126 e.